The Morgan fingerprint density at radius 2 is 1.87 bits per heavy atom. The highest BCUT2D eigenvalue weighted by atomic mass is 32.1. The molecule has 0 unspecified atom stereocenters. The van der Waals surface area contributed by atoms with Crippen LogP contribution in [0.15, 0.2) is 47.1 Å². The monoisotopic (exact) mass is 324 g/mol. The highest BCUT2D eigenvalue weighted by molar-refractivity contribution is 7.10. The Hall–Kier alpha value is -1.94. The summed E-state index contributed by atoms with van der Waals surface area (Å²) >= 11 is 1.62. The fourth-order valence-electron chi connectivity index (χ4n) is 4.00. The van der Waals surface area contributed by atoms with Crippen LogP contribution in [0.25, 0.3) is 0 Å². The molecule has 0 amide bonds. The van der Waals surface area contributed by atoms with Gasteiger partial charge in [-0.1, -0.05) is 44.2 Å². The molecular formula is C19H20N2OS. The van der Waals surface area contributed by atoms with Crippen LogP contribution >= 0.6 is 11.3 Å². The summed E-state index contributed by atoms with van der Waals surface area (Å²) in [5.74, 6) is 1.17. The number of rotatable bonds is 1. The van der Waals surface area contributed by atoms with Crippen LogP contribution in [0.4, 0.5) is 5.82 Å². The lowest BCUT2D eigenvalue weighted by molar-refractivity contribution is -0.118. The number of anilines is 1. The van der Waals surface area contributed by atoms with Gasteiger partial charge in [-0.15, -0.1) is 11.3 Å². The number of fused-ring (bicyclic) bond motifs is 1. The van der Waals surface area contributed by atoms with Crippen molar-refractivity contribution in [3.8, 4) is 0 Å². The minimum Gasteiger partial charge on any atom is -0.342 e. The molecular weight excluding hydrogens is 304 g/mol. The molecule has 3 nitrogen and oxygen atoms in total. The van der Waals surface area contributed by atoms with Crippen LogP contribution in [-0.2, 0) is 10.2 Å². The van der Waals surface area contributed by atoms with Crippen molar-refractivity contribution >= 4 is 22.9 Å². The van der Waals surface area contributed by atoms with Crippen LogP contribution in [0.5, 0.6) is 0 Å². The number of benzene rings is 1. The number of carbonyl (C=O) groups excluding carboxylic acids is 1. The van der Waals surface area contributed by atoms with Crippen LogP contribution in [-0.4, -0.2) is 10.8 Å². The van der Waals surface area contributed by atoms with Crippen molar-refractivity contribution in [1.29, 1.82) is 0 Å². The molecule has 4 heteroatoms. The molecule has 1 aliphatic carbocycles. The Morgan fingerprint density at radius 3 is 2.61 bits per heavy atom. The lowest BCUT2D eigenvalue weighted by Crippen LogP contribution is -2.41. The summed E-state index contributed by atoms with van der Waals surface area (Å²) in [7, 11) is 0. The van der Waals surface area contributed by atoms with Crippen LogP contribution in [0.1, 0.15) is 44.1 Å². The molecule has 2 aliphatic rings. The van der Waals surface area contributed by atoms with Crippen molar-refractivity contribution in [2.24, 2.45) is 5.41 Å². The van der Waals surface area contributed by atoms with E-state index < -0.39 is 5.41 Å². The highest BCUT2D eigenvalue weighted by Gasteiger charge is 2.48. The van der Waals surface area contributed by atoms with Gasteiger partial charge < -0.3 is 5.32 Å². The second-order valence-electron chi connectivity index (χ2n) is 7.44. The number of Topliss-reactive ketones (excluding diaryl/α,β-unsaturated/α-hetero) is 1. The predicted molar refractivity (Wildman–Crippen MR) is 93.7 cm³/mol. The van der Waals surface area contributed by atoms with Crippen molar-refractivity contribution in [3.05, 3.63) is 57.6 Å². The quantitative estimate of drug-likeness (QED) is 0.838. The van der Waals surface area contributed by atoms with Crippen LogP contribution < -0.4 is 5.32 Å². The first kappa shape index (κ1) is 14.6. The maximum Gasteiger partial charge on any atom is 0.162 e. The molecule has 1 aromatic heterocycles. The molecule has 1 N–H and O–H groups in total. The third-order valence-corrected chi connectivity index (χ3v) is 6.07. The number of hydrogen-bond donors (Lipinski definition) is 1. The lowest BCUT2D eigenvalue weighted by atomic mass is 9.64. The van der Waals surface area contributed by atoms with Gasteiger partial charge in [0.05, 0.1) is 15.8 Å². The fourth-order valence-corrected chi connectivity index (χ4v) is 4.94. The molecule has 1 atom stereocenters. The smallest absolute Gasteiger partial charge is 0.162 e. The normalized spacial score (nSPS) is 25.6. The Bertz CT molecular complexity index is 819. The summed E-state index contributed by atoms with van der Waals surface area (Å²) in [6, 6.07) is 10.3. The number of thiazole rings is 1. The van der Waals surface area contributed by atoms with Gasteiger partial charge >= 0.3 is 0 Å². The van der Waals surface area contributed by atoms with E-state index in [-0.39, 0.29) is 11.2 Å². The topological polar surface area (TPSA) is 42.0 Å². The van der Waals surface area contributed by atoms with Gasteiger partial charge in [0.2, 0.25) is 0 Å². The molecule has 1 aromatic carbocycles. The summed E-state index contributed by atoms with van der Waals surface area (Å²) in [5, 5.41) is 3.45. The zero-order valence-corrected chi connectivity index (χ0v) is 14.5. The molecule has 0 saturated carbocycles. The Labute approximate surface area is 140 Å². The highest BCUT2D eigenvalue weighted by Crippen LogP contribution is 2.53. The molecule has 2 heterocycles. The molecule has 2 aromatic rings. The molecule has 0 fully saturated rings. The zero-order chi connectivity index (χ0) is 16.2. The SMILES string of the molecule is CC1(C)CC(=O)C2=C(C1)Nc1ncsc1[C@]2(C)c1ccccc1. The van der Waals surface area contributed by atoms with Crippen LogP contribution in [0, 0.1) is 5.41 Å². The van der Waals surface area contributed by atoms with Gasteiger partial charge in [-0.3, -0.25) is 4.79 Å². The molecule has 0 bridgehead atoms. The lowest BCUT2D eigenvalue weighted by Gasteiger charge is -2.43. The van der Waals surface area contributed by atoms with Crippen molar-refractivity contribution in [1.82, 2.24) is 4.98 Å². The van der Waals surface area contributed by atoms with Gasteiger partial charge in [0, 0.05) is 17.7 Å². The first-order valence-corrected chi connectivity index (χ1v) is 8.83. The van der Waals surface area contributed by atoms with E-state index in [1.54, 1.807) is 11.3 Å². The number of aromatic nitrogens is 1. The zero-order valence-electron chi connectivity index (χ0n) is 13.6. The van der Waals surface area contributed by atoms with E-state index in [0.29, 0.717) is 6.42 Å². The standard InChI is InChI=1S/C19H20N2OS/c1-18(2)9-13-15(14(22)10-18)19(3,12-7-5-4-6-8-12)16-17(21-13)20-11-23-16/h4-8,11,21H,9-10H2,1-3H3/t19-/m1/s1. The summed E-state index contributed by atoms with van der Waals surface area (Å²) in [5.41, 5.74) is 4.59. The van der Waals surface area contributed by atoms with E-state index in [0.717, 1.165) is 33.9 Å². The van der Waals surface area contributed by atoms with E-state index in [9.17, 15) is 4.79 Å². The van der Waals surface area contributed by atoms with E-state index >= 15 is 0 Å². The number of nitrogens with zero attached hydrogens (tertiary/aromatic N) is 1. The van der Waals surface area contributed by atoms with Gasteiger partial charge in [-0.2, -0.15) is 0 Å². The summed E-state index contributed by atoms with van der Waals surface area (Å²) in [6.45, 7) is 6.49. The van der Waals surface area contributed by atoms with Gasteiger partial charge in [0.15, 0.2) is 5.78 Å². The molecule has 0 radical (unpaired) electrons. The third kappa shape index (κ3) is 2.08. The van der Waals surface area contributed by atoms with Crippen molar-refractivity contribution in [3.63, 3.8) is 0 Å². The largest absolute Gasteiger partial charge is 0.342 e. The van der Waals surface area contributed by atoms with Gasteiger partial charge in [-0.05, 0) is 24.3 Å². The first-order valence-electron chi connectivity index (χ1n) is 7.95. The summed E-state index contributed by atoms with van der Waals surface area (Å²) in [4.78, 5) is 18.7. The van der Waals surface area contributed by atoms with Crippen molar-refractivity contribution < 1.29 is 4.79 Å². The van der Waals surface area contributed by atoms with E-state index in [1.165, 1.54) is 0 Å². The Kier molecular flexibility index (Phi) is 3.04. The maximum absolute atomic E-state index is 13.1. The molecule has 1 aliphatic heterocycles. The van der Waals surface area contributed by atoms with Crippen molar-refractivity contribution in [2.45, 2.75) is 39.0 Å². The summed E-state index contributed by atoms with van der Waals surface area (Å²) in [6.07, 6.45) is 1.48. The summed E-state index contributed by atoms with van der Waals surface area (Å²) < 4.78 is 0. The number of carbonyl (C=O) groups is 1. The average molecular weight is 324 g/mol. The van der Waals surface area contributed by atoms with Crippen molar-refractivity contribution in [2.75, 3.05) is 5.32 Å². The molecule has 118 valence electrons. The van der Waals surface area contributed by atoms with E-state index in [1.807, 2.05) is 23.7 Å². The number of allylic oxidation sites excluding steroid dienone is 2. The molecule has 23 heavy (non-hydrogen) atoms. The Balaban J connectivity index is 1.99. The van der Waals surface area contributed by atoms with Crippen LogP contribution in [0.2, 0.25) is 0 Å². The van der Waals surface area contributed by atoms with Crippen LogP contribution in [0.3, 0.4) is 0 Å². The van der Waals surface area contributed by atoms with Gasteiger partial charge in [-0.25, -0.2) is 4.98 Å². The fraction of sp³-hybridized carbons (Fsp3) is 0.368. The second-order valence-corrected chi connectivity index (χ2v) is 8.30. The number of hydrogen-bond acceptors (Lipinski definition) is 4. The predicted octanol–water partition coefficient (Wildman–Crippen LogP) is 4.52. The molecule has 4 rings (SSSR count). The second kappa shape index (κ2) is 4.78. The number of nitrogens with one attached hydrogen (secondary N) is 1. The third-order valence-electron chi connectivity index (χ3n) is 5.02. The maximum atomic E-state index is 13.1. The minimum atomic E-state index is -0.411. The number of ketones is 1. The first-order chi connectivity index (χ1) is 10.9. The molecule has 0 spiro atoms. The Morgan fingerprint density at radius 1 is 1.13 bits per heavy atom. The average Bonchev–Trinajstić information content (AvgIpc) is 2.95. The minimum absolute atomic E-state index is 0.00591. The van der Waals surface area contributed by atoms with E-state index in [4.69, 9.17) is 0 Å². The van der Waals surface area contributed by atoms with Gasteiger partial charge in [0.1, 0.15) is 5.82 Å². The van der Waals surface area contributed by atoms with Gasteiger partial charge in [0.25, 0.3) is 0 Å². The van der Waals surface area contributed by atoms with E-state index in [2.05, 4.69) is 43.2 Å². The molecule has 0 saturated heterocycles.